The first-order valence-electron chi connectivity index (χ1n) is 8.55. The maximum absolute atomic E-state index is 11.3. The fraction of sp³-hybridized carbons (Fsp3) is 0.368. The van der Waals surface area contributed by atoms with Crippen LogP contribution in [-0.2, 0) is 0 Å². The number of carboxylic acids is 1. The molecule has 0 aliphatic rings. The number of aromatic nitrogens is 3. The van der Waals surface area contributed by atoms with E-state index in [0.717, 1.165) is 28.2 Å². The largest absolute Gasteiger partial charge is 0.491 e. The van der Waals surface area contributed by atoms with Crippen LogP contribution in [0.3, 0.4) is 0 Å². The molecular formula is C19H21N3O4S. The summed E-state index contributed by atoms with van der Waals surface area (Å²) in [4.78, 5) is 20.4. The number of carbonyl (C=O) groups is 1. The quantitative estimate of drug-likeness (QED) is 0.664. The lowest BCUT2D eigenvalue weighted by Gasteiger charge is -2.13. The summed E-state index contributed by atoms with van der Waals surface area (Å²) in [7, 11) is 0. The lowest BCUT2D eigenvalue weighted by Crippen LogP contribution is -2.06. The molecule has 27 heavy (non-hydrogen) atoms. The van der Waals surface area contributed by atoms with E-state index < -0.39 is 5.97 Å². The van der Waals surface area contributed by atoms with Crippen LogP contribution in [0.4, 0.5) is 0 Å². The van der Waals surface area contributed by atoms with Crippen LogP contribution < -0.4 is 4.74 Å². The van der Waals surface area contributed by atoms with Gasteiger partial charge in [0.05, 0.1) is 35.4 Å². The van der Waals surface area contributed by atoms with Gasteiger partial charge in [-0.05, 0) is 32.8 Å². The molecule has 7 nitrogen and oxygen atoms in total. The minimum Gasteiger partial charge on any atom is -0.491 e. The van der Waals surface area contributed by atoms with E-state index in [1.54, 1.807) is 13.1 Å². The topological polar surface area (TPSA) is 98.3 Å². The Morgan fingerprint density at radius 1 is 1.30 bits per heavy atom. The standard InChI is InChI=1S/C19H21N3O4S/c1-9(2)8-25-15-7-20-14(18-21-11(4)17(27-18)19(23)24)6-13(15)16-10(3)22-26-12(16)5/h6-7,9H,8H2,1-5H3,(H,23,24). The van der Waals surface area contributed by atoms with Crippen molar-refractivity contribution < 1.29 is 19.2 Å². The predicted octanol–water partition coefficient (Wildman–Crippen LogP) is 4.52. The summed E-state index contributed by atoms with van der Waals surface area (Å²) in [6.45, 7) is 10.1. The highest BCUT2D eigenvalue weighted by molar-refractivity contribution is 7.17. The summed E-state index contributed by atoms with van der Waals surface area (Å²) in [5.41, 5.74) is 3.47. The van der Waals surface area contributed by atoms with Crippen molar-refractivity contribution in [1.82, 2.24) is 15.1 Å². The molecule has 3 rings (SSSR count). The van der Waals surface area contributed by atoms with Gasteiger partial charge >= 0.3 is 5.97 Å². The van der Waals surface area contributed by atoms with Gasteiger partial charge in [0.1, 0.15) is 21.4 Å². The number of thiazole rings is 1. The first-order chi connectivity index (χ1) is 12.8. The zero-order valence-electron chi connectivity index (χ0n) is 15.9. The second-order valence-electron chi connectivity index (χ2n) is 6.71. The van der Waals surface area contributed by atoms with E-state index in [9.17, 15) is 9.90 Å². The molecule has 0 aliphatic carbocycles. The van der Waals surface area contributed by atoms with Crippen LogP contribution in [-0.4, -0.2) is 32.8 Å². The summed E-state index contributed by atoms with van der Waals surface area (Å²) < 4.78 is 11.3. The van der Waals surface area contributed by atoms with Gasteiger partial charge in [0.25, 0.3) is 0 Å². The first-order valence-corrected chi connectivity index (χ1v) is 9.36. The molecule has 8 heteroatoms. The number of aromatic carboxylic acids is 1. The van der Waals surface area contributed by atoms with Crippen LogP contribution in [0.5, 0.6) is 5.75 Å². The molecule has 0 unspecified atom stereocenters. The summed E-state index contributed by atoms with van der Waals surface area (Å²) >= 11 is 1.11. The Bertz CT molecular complexity index is 972. The average molecular weight is 387 g/mol. The normalized spacial score (nSPS) is 11.2. The average Bonchev–Trinajstić information content (AvgIpc) is 3.15. The zero-order valence-corrected chi connectivity index (χ0v) is 16.7. The van der Waals surface area contributed by atoms with Crippen molar-refractivity contribution in [2.24, 2.45) is 5.92 Å². The molecule has 0 fully saturated rings. The Labute approximate surface area is 161 Å². The van der Waals surface area contributed by atoms with Gasteiger partial charge in [0.15, 0.2) is 0 Å². The van der Waals surface area contributed by atoms with Crippen molar-refractivity contribution in [1.29, 1.82) is 0 Å². The van der Waals surface area contributed by atoms with Gasteiger partial charge in [-0.2, -0.15) is 0 Å². The van der Waals surface area contributed by atoms with Crippen LogP contribution in [0.25, 0.3) is 21.8 Å². The molecule has 0 atom stereocenters. The molecule has 0 aliphatic heterocycles. The molecule has 0 radical (unpaired) electrons. The predicted molar refractivity (Wildman–Crippen MR) is 102 cm³/mol. The Hall–Kier alpha value is -2.74. The van der Waals surface area contributed by atoms with E-state index in [2.05, 4.69) is 29.0 Å². The summed E-state index contributed by atoms with van der Waals surface area (Å²) in [5, 5.41) is 13.9. The molecule has 1 N–H and O–H groups in total. The molecule has 3 aromatic heterocycles. The number of carboxylic acid groups (broad SMARTS) is 1. The molecule has 0 spiro atoms. The van der Waals surface area contributed by atoms with Crippen LogP contribution in [0, 0.1) is 26.7 Å². The smallest absolute Gasteiger partial charge is 0.347 e. The van der Waals surface area contributed by atoms with E-state index in [1.165, 1.54) is 0 Å². The Kier molecular flexibility index (Phi) is 5.27. The number of hydrogen-bond acceptors (Lipinski definition) is 7. The molecule has 142 valence electrons. The summed E-state index contributed by atoms with van der Waals surface area (Å²) in [5.74, 6) is 0.690. The molecule has 3 heterocycles. The first kappa shape index (κ1) is 19.0. The number of ether oxygens (including phenoxy) is 1. The Balaban J connectivity index is 2.12. The second kappa shape index (κ2) is 7.48. The SMILES string of the molecule is Cc1nc(-c2cc(-c3c(C)noc3C)c(OCC(C)C)cn2)sc1C(=O)O. The van der Waals surface area contributed by atoms with Gasteiger partial charge in [-0.1, -0.05) is 19.0 Å². The van der Waals surface area contributed by atoms with Crippen molar-refractivity contribution in [3.05, 3.63) is 34.3 Å². The highest BCUT2D eigenvalue weighted by atomic mass is 32.1. The van der Waals surface area contributed by atoms with Crippen LogP contribution in [0.2, 0.25) is 0 Å². The molecule has 3 aromatic rings. The van der Waals surface area contributed by atoms with Crippen molar-refractivity contribution in [2.45, 2.75) is 34.6 Å². The third-order valence-corrected chi connectivity index (χ3v) is 5.12. The molecular weight excluding hydrogens is 366 g/mol. The van der Waals surface area contributed by atoms with E-state index in [-0.39, 0.29) is 4.88 Å². The van der Waals surface area contributed by atoms with Crippen molar-refractivity contribution in [3.8, 4) is 27.6 Å². The number of hydrogen-bond donors (Lipinski definition) is 1. The molecule has 0 aromatic carbocycles. The third-order valence-electron chi connectivity index (χ3n) is 3.95. The number of pyridine rings is 1. The lowest BCUT2D eigenvalue weighted by atomic mass is 10.0. The van der Waals surface area contributed by atoms with Crippen LogP contribution in [0.15, 0.2) is 16.8 Å². The molecule has 0 amide bonds. The van der Waals surface area contributed by atoms with Gasteiger partial charge in [-0.15, -0.1) is 11.3 Å². The van der Waals surface area contributed by atoms with Crippen molar-refractivity contribution >= 4 is 17.3 Å². The number of rotatable bonds is 6. The van der Waals surface area contributed by atoms with E-state index in [4.69, 9.17) is 9.26 Å². The molecule has 0 saturated carbocycles. The summed E-state index contributed by atoms with van der Waals surface area (Å²) in [6, 6.07) is 1.85. The fourth-order valence-corrected chi connectivity index (χ4v) is 3.57. The van der Waals surface area contributed by atoms with E-state index in [0.29, 0.717) is 40.4 Å². The highest BCUT2D eigenvalue weighted by Crippen LogP contribution is 2.38. The van der Waals surface area contributed by atoms with Crippen LogP contribution >= 0.6 is 11.3 Å². The van der Waals surface area contributed by atoms with Gasteiger partial charge in [0, 0.05) is 5.56 Å². The van der Waals surface area contributed by atoms with Gasteiger partial charge in [-0.3, -0.25) is 0 Å². The summed E-state index contributed by atoms with van der Waals surface area (Å²) in [6.07, 6.45) is 1.65. The second-order valence-corrected chi connectivity index (χ2v) is 7.71. The van der Waals surface area contributed by atoms with E-state index >= 15 is 0 Å². The maximum Gasteiger partial charge on any atom is 0.347 e. The third kappa shape index (κ3) is 3.85. The van der Waals surface area contributed by atoms with Crippen molar-refractivity contribution in [2.75, 3.05) is 6.61 Å². The van der Waals surface area contributed by atoms with Gasteiger partial charge in [0.2, 0.25) is 0 Å². The maximum atomic E-state index is 11.3. The van der Waals surface area contributed by atoms with Gasteiger partial charge in [-0.25, -0.2) is 14.8 Å². The zero-order chi connectivity index (χ0) is 19.7. The minimum atomic E-state index is -0.987. The molecule has 0 saturated heterocycles. The lowest BCUT2D eigenvalue weighted by molar-refractivity contribution is 0.0701. The van der Waals surface area contributed by atoms with Crippen LogP contribution in [0.1, 0.15) is 40.7 Å². The monoisotopic (exact) mass is 387 g/mol. The Morgan fingerprint density at radius 2 is 2.04 bits per heavy atom. The highest BCUT2D eigenvalue weighted by Gasteiger charge is 2.21. The molecule has 0 bridgehead atoms. The number of aryl methyl sites for hydroxylation is 3. The number of nitrogens with zero attached hydrogens (tertiary/aromatic N) is 3. The van der Waals surface area contributed by atoms with Gasteiger partial charge < -0.3 is 14.4 Å². The Morgan fingerprint density at radius 3 is 2.59 bits per heavy atom. The van der Waals surface area contributed by atoms with E-state index in [1.807, 2.05) is 19.9 Å². The fourth-order valence-electron chi connectivity index (χ4n) is 2.70. The van der Waals surface area contributed by atoms with Crippen molar-refractivity contribution in [3.63, 3.8) is 0 Å². The minimum absolute atomic E-state index is 0.214.